The third-order valence-corrected chi connectivity index (χ3v) is 3.97. The second-order valence-corrected chi connectivity index (χ2v) is 5.76. The number of carbonyl (C=O) groups is 2. The fourth-order valence-corrected chi connectivity index (χ4v) is 2.49. The number of ether oxygens (including phenoxy) is 1. The van der Waals surface area contributed by atoms with Crippen LogP contribution in [0, 0.1) is 6.92 Å². The lowest BCUT2D eigenvalue weighted by Gasteiger charge is -2.11. The topological polar surface area (TPSA) is 79.2 Å². The molecular weight excluding hydrogens is 320 g/mol. The first-order valence-electron chi connectivity index (χ1n) is 7.94. The molecule has 0 saturated heterocycles. The van der Waals surface area contributed by atoms with E-state index in [-0.39, 0.29) is 23.8 Å². The number of phenols is 1. The minimum Gasteiger partial charge on any atom is -0.508 e. The summed E-state index contributed by atoms with van der Waals surface area (Å²) in [4.78, 5) is 24.1. The molecule has 2 aromatic rings. The highest BCUT2D eigenvalue weighted by Crippen LogP contribution is 2.18. The van der Waals surface area contributed by atoms with Crippen LogP contribution < -0.4 is 0 Å². The molecule has 1 aliphatic heterocycles. The Morgan fingerprint density at radius 2 is 1.96 bits per heavy atom. The lowest BCUT2D eigenvalue weighted by Crippen LogP contribution is -2.28. The first-order chi connectivity index (χ1) is 12.0. The van der Waals surface area contributed by atoms with Crippen molar-refractivity contribution in [3.8, 4) is 5.75 Å². The maximum atomic E-state index is 12.2. The van der Waals surface area contributed by atoms with Crippen molar-refractivity contribution in [3.63, 3.8) is 0 Å². The molecule has 128 valence electrons. The summed E-state index contributed by atoms with van der Waals surface area (Å²) in [5, 5.41) is 15.3. The summed E-state index contributed by atoms with van der Waals surface area (Å²) in [5.74, 6) is -1.02. The zero-order chi connectivity index (χ0) is 17.8. The molecule has 2 aromatic carbocycles. The summed E-state index contributed by atoms with van der Waals surface area (Å²) < 4.78 is 5.03. The van der Waals surface area contributed by atoms with Crippen LogP contribution in [0.15, 0.2) is 53.6 Å². The maximum absolute atomic E-state index is 12.2. The van der Waals surface area contributed by atoms with Gasteiger partial charge in [0, 0.05) is 6.42 Å². The molecule has 1 aliphatic rings. The minimum absolute atomic E-state index is 0.0115. The van der Waals surface area contributed by atoms with Gasteiger partial charge in [0.25, 0.3) is 5.91 Å². The second kappa shape index (κ2) is 7.17. The highest BCUT2D eigenvalue weighted by Gasteiger charge is 2.22. The molecule has 0 aliphatic carbocycles. The van der Waals surface area contributed by atoms with E-state index in [0.717, 1.165) is 11.3 Å². The van der Waals surface area contributed by atoms with Gasteiger partial charge in [0.1, 0.15) is 5.75 Å². The SMILES string of the molecule is Cc1ccc(C(=O)OCC(=O)N2CCC(c3ccccc3)=N2)cc1O. The van der Waals surface area contributed by atoms with Crippen molar-refractivity contribution in [2.24, 2.45) is 5.10 Å². The smallest absolute Gasteiger partial charge is 0.338 e. The lowest BCUT2D eigenvalue weighted by atomic mass is 10.1. The Hall–Kier alpha value is -3.15. The average molecular weight is 338 g/mol. The number of benzene rings is 2. The van der Waals surface area contributed by atoms with Crippen molar-refractivity contribution < 1.29 is 19.4 Å². The van der Waals surface area contributed by atoms with Crippen LogP contribution in [0.2, 0.25) is 0 Å². The van der Waals surface area contributed by atoms with Crippen LogP contribution in [0.1, 0.15) is 27.9 Å². The molecule has 6 heteroatoms. The fraction of sp³-hybridized carbons (Fsp3) is 0.211. The molecule has 0 bridgehead atoms. The van der Waals surface area contributed by atoms with Gasteiger partial charge >= 0.3 is 5.97 Å². The van der Waals surface area contributed by atoms with Crippen LogP contribution in [0.3, 0.4) is 0 Å². The predicted molar refractivity (Wildman–Crippen MR) is 92.4 cm³/mol. The molecule has 0 atom stereocenters. The Balaban J connectivity index is 1.58. The van der Waals surface area contributed by atoms with Gasteiger partial charge in [0.15, 0.2) is 6.61 Å². The Kier molecular flexibility index (Phi) is 4.79. The quantitative estimate of drug-likeness (QED) is 0.869. The molecular formula is C19H18N2O4. The van der Waals surface area contributed by atoms with E-state index < -0.39 is 5.97 Å². The number of aryl methyl sites for hydroxylation is 1. The van der Waals surface area contributed by atoms with E-state index in [0.29, 0.717) is 18.5 Å². The van der Waals surface area contributed by atoms with Gasteiger partial charge in [0.2, 0.25) is 0 Å². The molecule has 3 rings (SSSR count). The number of nitrogens with zero attached hydrogens (tertiary/aromatic N) is 2. The first kappa shape index (κ1) is 16.7. The normalized spacial score (nSPS) is 13.5. The zero-order valence-electron chi connectivity index (χ0n) is 13.8. The Morgan fingerprint density at radius 1 is 1.20 bits per heavy atom. The molecule has 0 fully saturated rings. The van der Waals surface area contributed by atoms with Crippen LogP contribution >= 0.6 is 0 Å². The molecule has 0 saturated carbocycles. The number of hydrogen-bond acceptors (Lipinski definition) is 5. The maximum Gasteiger partial charge on any atom is 0.338 e. The molecule has 0 aromatic heterocycles. The van der Waals surface area contributed by atoms with E-state index in [1.54, 1.807) is 19.1 Å². The van der Waals surface area contributed by atoms with Gasteiger partial charge in [0.05, 0.1) is 17.8 Å². The van der Waals surface area contributed by atoms with Crippen LogP contribution in [-0.4, -0.2) is 40.9 Å². The first-order valence-corrected chi connectivity index (χ1v) is 7.94. The Labute approximate surface area is 145 Å². The Bertz CT molecular complexity index is 831. The standard InChI is InChI=1S/C19H18N2O4/c1-13-7-8-15(11-17(13)22)19(24)25-12-18(23)21-10-9-16(20-21)14-5-3-2-4-6-14/h2-8,11,22H,9-10,12H2,1H3. The number of amides is 1. The minimum atomic E-state index is -0.657. The van der Waals surface area contributed by atoms with E-state index >= 15 is 0 Å². The van der Waals surface area contributed by atoms with Crippen LogP contribution in [-0.2, 0) is 9.53 Å². The average Bonchev–Trinajstić information content (AvgIpc) is 3.12. The Morgan fingerprint density at radius 3 is 2.68 bits per heavy atom. The zero-order valence-corrected chi connectivity index (χ0v) is 13.8. The number of hydrazone groups is 1. The van der Waals surface area contributed by atoms with Gasteiger partial charge in [-0.2, -0.15) is 5.10 Å². The van der Waals surface area contributed by atoms with Gasteiger partial charge in [-0.15, -0.1) is 0 Å². The van der Waals surface area contributed by atoms with Crippen molar-refractivity contribution in [1.29, 1.82) is 0 Å². The number of phenolic OH excluding ortho intramolecular Hbond substituents is 1. The lowest BCUT2D eigenvalue weighted by molar-refractivity contribution is -0.134. The van der Waals surface area contributed by atoms with Crippen molar-refractivity contribution >= 4 is 17.6 Å². The predicted octanol–water partition coefficient (Wildman–Crippen LogP) is 2.49. The summed E-state index contributed by atoms with van der Waals surface area (Å²) in [6.07, 6.45) is 0.662. The van der Waals surface area contributed by atoms with Gasteiger partial charge in [-0.25, -0.2) is 9.80 Å². The largest absolute Gasteiger partial charge is 0.508 e. The third-order valence-electron chi connectivity index (χ3n) is 3.97. The molecule has 0 unspecified atom stereocenters. The van der Waals surface area contributed by atoms with Gasteiger partial charge in [-0.1, -0.05) is 36.4 Å². The highest BCUT2D eigenvalue weighted by molar-refractivity contribution is 6.02. The third kappa shape index (κ3) is 3.85. The van der Waals surface area contributed by atoms with Gasteiger partial charge in [-0.05, 0) is 30.2 Å². The number of esters is 1. The summed E-state index contributed by atoms with van der Waals surface area (Å²) in [7, 11) is 0. The number of carbonyl (C=O) groups excluding carboxylic acids is 2. The molecule has 6 nitrogen and oxygen atoms in total. The van der Waals surface area contributed by atoms with Crippen LogP contribution in [0.25, 0.3) is 0 Å². The molecule has 0 radical (unpaired) electrons. The monoisotopic (exact) mass is 338 g/mol. The van der Waals surface area contributed by atoms with Crippen molar-refractivity contribution in [2.75, 3.05) is 13.2 Å². The van der Waals surface area contributed by atoms with E-state index in [1.165, 1.54) is 11.1 Å². The second-order valence-electron chi connectivity index (χ2n) is 5.76. The van der Waals surface area contributed by atoms with E-state index in [2.05, 4.69) is 5.10 Å². The van der Waals surface area contributed by atoms with Crippen molar-refractivity contribution in [1.82, 2.24) is 5.01 Å². The van der Waals surface area contributed by atoms with Crippen LogP contribution in [0.4, 0.5) is 0 Å². The molecule has 1 heterocycles. The summed E-state index contributed by atoms with van der Waals surface area (Å²) in [6, 6.07) is 14.1. The van der Waals surface area contributed by atoms with Gasteiger partial charge in [-0.3, -0.25) is 4.79 Å². The molecule has 1 N–H and O–H groups in total. The summed E-state index contributed by atoms with van der Waals surface area (Å²) in [6.45, 7) is 1.80. The number of hydrogen-bond donors (Lipinski definition) is 1. The van der Waals surface area contributed by atoms with Gasteiger partial charge < -0.3 is 9.84 Å². The fourth-order valence-electron chi connectivity index (χ4n) is 2.49. The molecule has 0 spiro atoms. The highest BCUT2D eigenvalue weighted by atomic mass is 16.5. The molecule has 25 heavy (non-hydrogen) atoms. The number of rotatable bonds is 4. The molecule has 1 amide bonds. The van der Waals surface area contributed by atoms with Crippen molar-refractivity contribution in [3.05, 3.63) is 65.2 Å². The van der Waals surface area contributed by atoms with Crippen molar-refractivity contribution in [2.45, 2.75) is 13.3 Å². The van der Waals surface area contributed by atoms with Crippen LogP contribution in [0.5, 0.6) is 5.75 Å². The van der Waals surface area contributed by atoms with E-state index in [4.69, 9.17) is 4.74 Å². The van der Waals surface area contributed by atoms with E-state index in [9.17, 15) is 14.7 Å². The summed E-state index contributed by atoms with van der Waals surface area (Å²) >= 11 is 0. The number of aromatic hydroxyl groups is 1. The van der Waals surface area contributed by atoms with E-state index in [1.807, 2.05) is 30.3 Å². The summed E-state index contributed by atoms with van der Waals surface area (Å²) in [5.41, 5.74) is 2.67.